The summed E-state index contributed by atoms with van der Waals surface area (Å²) < 4.78 is 28.1. The molecule has 0 bridgehead atoms. The van der Waals surface area contributed by atoms with E-state index in [4.69, 9.17) is 0 Å². The molecule has 4 rings (SSSR count). The van der Waals surface area contributed by atoms with E-state index < -0.39 is 35.6 Å². The topological polar surface area (TPSA) is 84.3 Å². The third kappa shape index (κ3) is 4.98. The number of nitrogens with zero attached hydrogens (tertiary/aromatic N) is 3. The third-order valence-corrected chi connectivity index (χ3v) is 5.10. The Morgan fingerprint density at radius 3 is 2.29 bits per heavy atom. The Morgan fingerprint density at radius 2 is 1.62 bits per heavy atom. The molecule has 0 aliphatic carbocycles. The van der Waals surface area contributed by atoms with Crippen LogP contribution in [0.15, 0.2) is 77.6 Å². The second-order valence-electron chi connectivity index (χ2n) is 7.61. The lowest BCUT2D eigenvalue weighted by Gasteiger charge is -2.21. The van der Waals surface area contributed by atoms with Gasteiger partial charge in [-0.15, -0.1) is 0 Å². The minimum atomic E-state index is -0.845. The molecule has 0 spiro atoms. The third-order valence-electron chi connectivity index (χ3n) is 5.10. The van der Waals surface area contributed by atoms with Crippen molar-refractivity contribution >= 4 is 34.4 Å². The Morgan fingerprint density at radius 1 is 0.971 bits per heavy atom. The summed E-state index contributed by atoms with van der Waals surface area (Å²) in [5, 5.41) is 2.40. The van der Waals surface area contributed by atoms with Crippen molar-refractivity contribution in [2.24, 2.45) is 0 Å². The molecule has 172 valence electrons. The summed E-state index contributed by atoms with van der Waals surface area (Å²) >= 11 is 0. The molecule has 1 aromatic heterocycles. The molecule has 1 N–H and O–H groups in total. The van der Waals surface area contributed by atoms with Crippen molar-refractivity contribution in [2.75, 3.05) is 10.2 Å². The van der Waals surface area contributed by atoms with E-state index in [-0.39, 0.29) is 18.1 Å². The summed E-state index contributed by atoms with van der Waals surface area (Å²) in [5.74, 6) is -2.88. The normalized spacial score (nSPS) is 10.8. The lowest BCUT2D eigenvalue weighted by atomic mass is 10.2. The maximum absolute atomic E-state index is 13.5. The number of amides is 2. The first-order valence-electron chi connectivity index (χ1n) is 10.4. The maximum Gasteiger partial charge on any atom is 0.294 e. The number of hydrogen-bond donors (Lipinski definition) is 1. The van der Waals surface area contributed by atoms with E-state index in [1.54, 1.807) is 24.3 Å². The first-order chi connectivity index (χ1) is 16.3. The van der Waals surface area contributed by atoms with Crippen LogP contribution in [0.5, 0.6) is 0 Å². The second-order valence-corrected chi connectivity index (χ2v) is 7.61. The van der Waals surface area contributed by atoms with Crippen LogP contribution in [0.25, 0.3) is 11.0 Å². The van der Waals surface area contributed by atoms with Gasteiger partial charge in [0.25, 0.3) is 5.56 Å². The van der Waals surface area contributed by atoms with Crippen molar-refractivity contribution < 1.29 is 18.4 Å². The molecule has 2 amide bonds. The van der Waals surface area contributed by atoms with Crippen molar-refractivity contribution in [1.29, 1.82) is 0 Å². The molecular formula is C25H20F2N4O3. The summed E-state index contributed by atoms with van der Waals surface area (Å²) in [6.07, 6.45) is 0. The molecule has 0 unspecified atom stereocenters. The molecule has 0 saturated carbocycles. The molecule has 7 nitrogen and oxygen atoms in total. The van der Waals surface area contributed by atoms with Crippen molar-refractivity contribution in [3.8, 4) is 0 Å². The van der Waals surface area contributed by atoms with Crippen LogP contribution >= 0.6 is 0 Å². The zero-order chi connectivity index (χ0) is 24.2. The number of halogens is 2. The first kappa shape index (κ1) is 22.8. The quantitative estimate of drug-likeness (QED) is 0.472. The highest BCUT2D eigenvalue weighted by Gasteiger charge is 2.22. The molecule has 34 heavy (non-hydrogen) atoms. The largest absolute Gasteiger partial charge is 0.324 e. The molecule has 1 heterocycles. The van der Waals surface area contributed by atoms with Crippen LogP contribution in [-0.2, 0) is 22.7 Å². The van der Waals surface area contributed by atoms with Gasteiger partial charge in [-0.2, -0.15) is 0 Å². The van der Waals surface area contributed by atoms with Crippen LogP contribution in [0.3, 0.4) is 0 Å². The number of anilines is 2. The van der Waals surface area contributed by atoms with Gasteiger partial charge in [-0.05, 0) is 29.8 Å². The number of aromatic nitrogens is 2. The van der Waals surface area contributed by atoms with Gasteiger partial charge in [-0.1, -0.05) is 42.5 Å². The average molecular weight is 462 g/mol. The number of hydrogen-bond acceptors (Lipinski definition) is 4. The molecule has 0 saturated heterocycles. The van der Waals surface area contributed by atoms with Gasteiger partial charge >= 0.3 is 0 Å². The lowest BCUT2D eigenvalue weighted by Crippen LogP contribution is -2.38. The predicted octanol–water partition coefficient (Wildman–Crippen LogP) is 3.87. The SMILES string of the molecule is CC(=O)N(Cc1ccccc1)c1nc2ccccc2n(CC(=O)Nc2cc(F)cc(F)c2)c1=O. The van der Waals surface area contributed by atoms with Crippen LogP contribution in [0.4, 0.5) is 20.3 Å². The first-order valence-corrected chi connectivity index (χ1v) is 10.4. The molecule has 3 aromatic carbocycles. The average Bonchev–Trinajstić information content (AvgIpc) is 2.79. The molecule has 0 aliphatic rings. The van der Waals surface area contributed by atoms with Crippen LogP contribution in [0.2, 0.25) is 0 Å². The molecule has 0 atom stereocenters. The Labute approximate surface area is 193 Å². The van der Waals surface area contributed by atoms with Gasteiger partial charge in [0.1, 0.15) is 18.2 Å². The Balaban J connectivity index is 1.74. The minimum absolute atomic E-state index is 0.0800. The predicted molar refractivity (Wildman–Crippen MR) is 124 cm³/mol. The molecule has 0 aliphatic heterocycles. The van der Waals surface area contributed by atoms with Gasteiger partial charge in [0, 0.05) is 18.7 Å². The summed E-state index contributed by atoms with van der Waals surface area (Å²) in [7, 11) is 0. The van der Waals surface area contributed by atoms with Crippen LogP contribution < -0.4 is 15.8 Å². The zero-order valence-corrected chi connectivity index (χ0v) is 18.2. The molecule has 0 radical (unpaired) electrons. The fourth-order valence-corrected chi connectivity index (χ4v) is 3.58. The van der Waals surface area contributed by atoms with E-state index in [1.807, 2.05) is 30.3 Å². The zero-order valence-electron chi connectivity index (χ0n) is 18.2. The molecule has 9 heteroatoms. The Bertz CT molecular complexity index is 1420. The summed E-state index contributed by atoms with van der Waals surface area (Å²) in [5.41, 5.74) is 0.847. The number of para-hydroxylation sites is 2. The van der Waals surface area contributed by atoms with E-state index in [9.17, 15) is 23.2 Å². The summed E-state index contributed by atoms with van der Waals surface area (Å²) in [6.45, 7) is 0.990. The van der Waals surface area contributed by atoms with E-state index in [1.165, 1.54) is 16.4 Å². The molecule has 0 fully saturated rings. The molecular weight excluding hydrogens is 442 g/mol. The summed E-state index contributed by atoms with van der Waals surface area (Å²) in [4.78, 5) is 44.2. The second kappa shape index (κ2) is 9.62. The lowest BCUT2D eigenvalue weighted by molar-refractivity contribution is -0.117. The van der Waals surface area contributed by atoms with Crippen LogP contribution in [0, 0.1) is 11.6 Å². The van der Waals surface area contributed by atoms with E-state index in [2.05, 4.69) is 10.3 Å². The van der Waals surface area contributed by atoms with Crippen LogP contribution in [0.1, 0.15) is 12.5 Å². The fraction of sp³-hybridized carbons (Fsp3) is 0.120. The van der Waals surface area contributed by atoms with E-state index >= 15 is 0 Å². The number of carbonyl (C=O) groups is 2. The van der Waals surface area contributed by atoms with Crippen molar-refractivity contribution in [3.63, 3.8) is 0 Å². The number of benzene rings is 3. The smallest absolute Gasteiger partial charge is 0.294 e. The maximum atomic E-state index is 13.5. The van der Waals surface area contributed by atoms with Gasteiger partial charge in [-0.25, -0.2) is 13.8 Å². The van der Waals surface area contributed by atoms with Gasteiger partial charge in [0.05, 0.1) is 17.6 Å². The molecule has 4 aromatic rings. The highest BCUT2D eigenvalue weighted by Crippen LogP contribution is 2.18. The van der Waals surface area contributed by atoms with Crippen molar-refractivity contribution in [2.45, 2.75) is 20.0 Å². The standard InChI is InChI=1S/C25H20F2N4O3/c1-16(32)30(14-17-7-3-2-4-8-17)24-25(34)31(22-10-6-5-9-21(22)29-24)15-23(33)28-20-12-18(26)11-19(27)13-20/h2-13H,14-15H2,1H3,(H,28,33). The van der Waals surface area contributed by atoms with Crippen molar-refractivity contribution in [1.82, 2.24) is 9.55 Å². The van der Waals surface area contributed by atoms with Gasteiger partial charge < -0.3 is 5.32 Å². The van der Waals surface area contributed by atoms with E-state index in [0.29, 0.717) is 17.1 Å². The highest BCUT2D eigenvalue weighted by molar-refractivity contribution is 5.93. The van der Waals surface area contributed by atoms with Gasteiger partial charge in [0.15, 0.2) is 0 Å². The van der Waals surface area contributed by atoms with E-state index in [0.717, 1.165) is 17.7 Å². The Hall–Kier alpha value is -4.40. The highest BCUT2D eigenvalue weighted by atomic mass is 19.1. The Kier molecular flexibility index (Phi) is 6.44. The van der Waals surface area contributed by atoms with Gasteiger partial charge in [0.2, 0.25) is 17.6 Å². The summed E-state index contributed by atoms with van der Waals surface area (Å²) in [6, 6.07) is 18.4. The number of carbonyl (C=O) groups excluding carboxylic acids is 2. The number of fused-ring (bicyclic) bond motifs is 1. The fourth-order valence-electron chi connectivity index (χ4n) is 3.58. The van der Waals surface area contributed by atoms with Crippen LogP contribution in [-0.4, -0.2) is 21.4 Å². The minimum Gasteiger partial charge on any atom is -0.324 e. The number of nitrogens with one attached hydrogen (secondary N) is 1. The number of rotatable bonds is 6. The van der Waals surface area contributed by atoms with Crippen molar-refractivity contribution in [3.05, 3.63) is 100 Å². The monoisotopic (exact) mass is 462 g/mol. The van der Waals surface area contributed by atoms with Gasteiger partial charge in [-0.3, -0.25) is 23.9 Å².